The Hall–Kier alpha value is -1.75. The van der Waals surface area contributed by atoms with Crippen molar-refractivity contribution < 1.29 is 9.53 Å². The van der Waals surface area contributed by atoms with Crippen LogP contribution in [0.1, 0.15) is 18.4 Å². The Kier molecular flexibility index (Phi) is 3.72. The highest BCUT2D eigenvalue weighted by Gasteiger charge is 2.30. The zero-order chi connectivity index (χ0) is 13.1. The highest BCUT2D eigenvalue weighted by molar-refractivity contribution is 5.84. The first-order chi connectivity index (χ1) is 8.67. The first-order valence-corrected chi connectivity index (χ1v) is 6.10. The van der Waals surface area contributed by atoms with Gasteiger partial charge in [0.1, 0.15) is 11.8 Å². The summed E-state index contributed by atoms with van der Waals surface area (Å²) in [6.45, 7) is 1.26. The molecule has 18 heavy (non-hydrogen) atoms. The molecule has 1 aliphatic rings. The molecular weight excluding hydrogens is 230 g/mol. The second kappa shape index (κ2) is 5.27. The normalized spacial score (nSPS) is 19.0. The molecule has 98 valence electrons. The van der Waals surface area contributed by atoms with E-state index in [-0.39, 0.29) is 11.9 Å². The molecule has 1 unspecified atom stereocenters. The smallest absolute Gasteiger partial charge is 0.240 e. The quantitative estimate of drug-likeness (QED) is 0.819. The topological polar surface area (TPSA) is 81.6 Å². The van der Waals surface area contributed by atoms with Crippen LogP contribution in [0, 0.1) is 0 Å². The van der Waals surface area contributed by atoms with Gasteiger partial charge >= 0.3 is 0 Å². The lowest BCUT2D eigenvalue weighted by atomic mass is 10.1. The fourth-order valence-corrected chi connectivity index (χ4v) is 2.46. The molecule has 2 rings (SSSR count). The van der Waals surface area contributed by atoms with Crippen molar-refractivity contribution >= 4 is 11.6 Å². The minimum atomic E-state index is -0.279. The van der Waals surface area contributed by atoms with E-state index in [0.717, 1.165) is 36.4 Å². The van der Waals surface area contributed by atoms with Gasteiger partial charge in [0.25, 0.3) is 0 Å². The maximum absolute atomic E-state index is 11.5. The van der Waals surface area contributed by atoms with Gasteiger partial charge in [-0.05, 0) is 24.5 Å². The number of ether oxygens (including phenoxy) is 1. The molecule has 0 aliphatic carbocycles. The highest BCUT2D eigenvalue weighted by atomic mass is 16.5. The van der Waals surface area contributed by atoms with E-state index in [9.17, 15) is 4.79 Å². The molecule has 1 amide bonds. The van der Waals surface area contributed by atoms with Gasteiger partial charge in [-0.1, -0.05) is 6.07 Å². The van der Waals surface area contributed by atoms with E-state index in [1.54, 1.807) is 7.11 Å². The summed E-state index contributed by atoms with van der Waals surface area (Å²) in [6, 6.07) is 5.50. The summed E-state index contributed by atoms with van der Waals surface area (Å²) >= 11 is 0. The van der Waals surface area contributed by atoms with Crippen LogP contribution in [-0.2, 0) is 11.3 Å². The average Bonchev–Trinajstić information content (AvgIpc) is 2.87. The highest BCUT2D eigenvalue weighted by Crippen LogP contribution is 2.31. The number of carbonyl (C=O) groups is 1. The van der Waals surface area contributed by atoms with Gasteiger partial charge in [-0.25, -0.2) is 0 Å². The van der Waals surface area contributed by atoms with Crippen LogP contribution in [0.3, 0.4) is 0 Å². The molecule has 1 atom stereocenters. The number of hydrogen-bond acceptors (Lipinski definition) is 4. The van der Waals surface area contributed by atoms with E-state index in [0.29, 0.717) is 6.54 Å². The van der Waals surface area contributed by atoms with Crippen LogP contribution in [-0.4, -0.2) is 25.6 Å². The van der Waals surface area contributed by atoms with Crippen molar-refractivity contribution in [2.75, 3.05) is 18.6 Å². The lowest BCUT2D eigenvalue weighted by molar-refractivity contribution is -0.119. The third-order valence-corrected chi connectivity index (χ3v) is 3.40. The van der Waals surface area contributed by atoms with E-state index in [1.165, 1.54) is 0 Å². The molecule has 0 bridgehead atoms. The number of methoxy groups -OCH3 is 1. The van der Waals surface area contributed by atoms with Crippen LogP contribution in [0.25, 0.3) is 0 Å². The standard InChI is InChI=1S/C13H19N3O2/c1-18-10-5-4-9(8-14)12(7-10)16-6-2-3-11(16)13(15)17/h4-5,7,11H,2-3,6,8,14H2,1H3,(H2,15,17). The number of nitrogens with zero attached hydrogens (tertiary/aromatic N) is 1. The molecule has 0 spiro atoms. The molecule has 0 radical (unpaired) electrons. The molecule has 1 aliphatic heterocycles. The Morgan fingerprint density at radius 2 is 2.33 bits per heavy atom. The van der Waals surface area contributed by atoms with Crippen molar-refractivity contribution in [1.82, 2.24) is 0 Å². The lowest BCUT2D eigenvalue weighted by Crippen LogP contribution is -2.40. The Labute approximate surface area is 107 Å². The summed E-state index contributed by atoms with van der Waals surface area (Å²) in [5.74, 6) is 0.482. The molecule has 1 aromatic rings. The predicted octanol–water partition coefficient (Wildman–Crippen LogP) is 0.608. The van der Waals surface area contributed by atoms with Crippen LogP contribution in [0.4, 0.5) is 5.69 Å². The number of anilines is 1. The maximum Gasteiger partial charge on any atom is 0.240 e. The van der Waals surface area contributed by atoms with Crippen molar-refractivity contribution in [2.24, 2.45) is 11.5 Å². The summed E-state index contributed by atoms with van der Waals surface area (Å²) in [4.78, 5) is 13.5. The lowest BCUT2D eigenvalue weighted by Gasteiger charge is -2.27. The second-order valence-electron chi connectivity index (χ2n) is 4.45. The third-order valence-electron chi connectivity index (χ3n) is 3.40. The monoisotopic (exact) mass is 249 g/mol. The molecule has 5 heteroatoms. The Morgan fingerprint density at radius 1 is 1.56 bits per heavy atom. The van der Waals surface area contributed by atoms with E-state index in [4.69, 9.17) is 16.2 Å². The molecule has 4 N–H and O–H groups in total. The van der Waals surface area contributed by atoms with Gasteiger partial charge in [-0.3, -0.25) is 4.79 Å². The minimum Gasteiger partial charge on any atom is -0.497 e. The van der Waals surface area contributed by atoms with Crippen LogP contribution in [0.5, 0.6) is 5.75 Å². The first kappa shape index (κ1) is 12.7. The van der Waals surface area contributed by atoms with E-state index >= 15 is 0 Å². The van der Waals surface area contributed by atoms with Gasteiger partial charge in [0.05, 0.1) is 7.11 Å². The van der Waals surface area contributed by atoms with Crippen LogP contribution < -0.4 is 21.1 Å². The van der Waals surface area contributed by atoms with Crippen LogP contribution in [0.15, 0.2) is 18.2 Å². The number of nitrogens with two attached hydrogens (primary N) is 2. The minimum absolute atomic E-state index is 0.234. The predicted molar refractivity (Wildman–Crippen MR) is 70.4 cm³/mol. The number of primary amides is 1. The van der Waals surface area contributed by atoms with Gasteiger partial charge < -0.3 is 21.1 Å². The molecule has 0 saturated carbocycles. The maximum atomic E-state index is 11.5. The Bertz CT molecular complexity index is 448. The fourth-order valence-electron chi connectivity index (χ4n) is 2.46. The number of rotatable bonds is 4. The molecule has 5 nitrogen and oxygen atoms in total. The molecule has 1 heterocycles. The summed E-state index contributed by atoms with van der Waals surface area (Å²) in [5, 5.41) is 0. The Balaban J connectivity index is 2.38. The number of amides is 1. The van der Waals surface area contributed by atoms with Crippen molar-refractivity contribution in [3.05, 3.63) is 23.8 Å². The number of benzene rings is 1. The summed E-state index contributed by atoms with van der Waals surface area (Å²) < 4.78 is 5.23. The van der Waals surface area contributed by atoms with Gasteiger partial charge in [-0.2, -0.15) is 0 Å². The average molecular weight is 249 g/mol. The SMILES string of the molecule is COc1ccc(CN)c(N2CCCC2C(N)=O)c1. The van der Waals surface area contributed by atoms with Crippen molar-refractivity contribution in [3.63, 3.8) is 0 Å². The van der Waals surface area contributed by atoms with Gasteiger partial charge in [0.15, 0.2) is 0 Å². The van der Waals surface area contributed by atoms with E-state index in [1.807, 2.05) is 23.1 Å². The number of hydrogen-bond donors (Lipinski definition) is 2. The van der Waals surface area contributed by atoms with Crippen molar-refractivity contribution in [1.29, 1.82) is 0 Å². The van der Waals surface area contributed by atoms with Crippen LogP contribution >= 0.6 is 0 Å². The van der Waals surface area contributed by atoms with E-state index in [2.05, 4.69) is 0 Å². The van der Waals surface area contributed by atoms with Crippen molar-refractivity contribution in [2.45, 2.75) is 25.4 Å². The summed E-state index contributed by atoms with van der Waals surface area (Å²) in [5.41, 5.74) is 13.2. The molecule has 1 fully saturated rings. The molecule has 1 aromatic carbocycles. The Morgan fingerprint density at radius 3 is 2.94 bits per heavy atom. The largest absolute Gasteiger partial charge is 0.497 e. The summed E-state index contributed by atoms with van der Waals surface area (Å²) in [7, 11) is 1.62. The van der Waals surface area contributed by atoms with Gasteiger partial charge in [-0.15, -0.1) is 0 Å². The molecular formula is C13H19N3O2. The van der Waals surface area contributed by atoms with Crippen LogP contribution in [0.2, 0.25) is 0 Å². The zero-order valence-corrected chi connectivity index (χ0v) is 10.6. The van der Waals surface area contributed by atoms with E-state index < -0.39 is 0 Å². The summed E-state index contributed by atoms with van der Waals surface area (Å²) in [6.07, 6.45) is 1.77. The fraction of sp³-hybridized carbons (Fsp3) is 0.462. The molecule has 1 saturated heterocycles. The molecule has 0 aromatic heterocycles. The zero-order valence-electron chi connectivity index (χ0n) is 10.6. The first-order valence-electron chi connectivity index (χ1n) is 6.10. The second-order valence-corrected chi connectivity index (χ2v) is 4.45. The van der Waals surface area contributed by atoms with Gasteiger partial charge in [0, 0.05) is 24.8 Å². The van der Waals surface area contributed by atoms with Gasteiger partial charge in [0.2, 0.25) is 5.91 Å². The third kappa shape index (κ3) is 2.26. The number of carbonyl (C=O) groups excluding carboxylic acids is 1. The van der Waals surface area contributed by atoms with Crippen molar-refractivity contribution in [3.8, 4) is 5.75 Å².